The smallest absolute Gasteiger partial charge is 0.226 e. The minimum Gasteiger partial charge on any atom is -0.354 e. The Hall–Kier alpha value is -1.60. The van der Waals surface area contributed by atoms with Crippen LogP contribution in [0.3, 0.4) is 0 Å². The Balaban J connectivity index is 0.00000192. The number of piperazine rings is 1. The number of hydrogen-bond donors (Lipinski definition) is 1. The molecule has 23 heavy (non-hydrogen) atoms. The van der Waals surface area contributed by atoms with E-state index in [2.05, 4.69) is 39.0 Å². The molecule has 1 aliphatic rings. The van der Waals surface area contributed by atoms with Gasteiger partial charge in [-0.1, -0.05) is 13.8 Å². The first kappa shape index (κ1) is 17.7. The van der Waals surface area contributed by atoms with E-state index in [1.54, 1.807) is 0 Å². The van der Waals surface area contributed by atoms with Crippen molar-refractivity contribution in [1.82, 2.24) is 24.6 Å². The van der Waals surface area contributed by atoms with E-state index in [-0.39, 0.29) is 12.4 Å². The molecule has 8 heteroatoms. The lowest BCUT2D eigenvalue weighted by Gasteiger charge is -2.35. The molecule has 0 bridgehead atoms. The molecule has 2 aromatic heterocycles. The van der Waals surface area contributed by atoms with Gasteiger partial charge in [0.15, 0.2) is 5.65 Å². The van der Waals surface area contributed by atoms with Gasteiger partial charge in [-0.05, 0) is 13.0 Å². The maximum atomic E-state index is 4.76. The first-order valence-corrected chi connectivity index (χ1v) is 8.13. The van der Waals surface area contributed by atoms with Crippen molar-refractivity contribution in [3.63, 3.8) is 0 Å². The van der Waals surface area contributed by atoms with Gasteiger partial charge in [-0.3, -0.25) is 4.68 Å². The summed E-state index contributed by atoms with van der Waals surface area (Å²) in [5.41, 5.74) is 0.890. The van der Waals surface area contributed by atoms with E-state index in [0.29, 0.717) is 5.95 Å². The van der Waals surface area contributed by atoms with Crippen molar-refractivity contribution in [1.29, 1.82) is 0 Å². The number of aryl methyl sites for hydroxylation is 1. The first-order chi connectivity index (χ1) is 10.7. The zero-order valence-corrected chi connectivity index (χ0v) is 14.9. The fourth-order valence-electron chi connectivity index (χ4n) is 2.84. The molecular formula is C15H26ClN7. The third-order valence-corrected chi connectivity index (χ3v) is 4.22. The Bertz CT molecular complexity index is 634. The molecule has 0 aromatic carbocycles. The standard InChI is InChI=1S/C15H25N7.ClH/c1-4-6-16-15-18-13-12(11-17-20(13)3)14(19-15)22-9-7-21(5-2)8-10-22;/h11H,4-10H2,1-3H3,(H,16,18,19);1H. The maximum absolute atomic E-state index is 4.76. The molecule has 7 nitrogen and oxygen atoms in total. The summed E-state index contributed by atoms with van der Waals surface area (Å²) < 4.78 is 1.82. The monoisotopic (exact) mass is 339 g/mol. The van der Waals surface area contributed by atoms with Gasteiger partial charge in [0.1, 0.15) is 5.82 Å². The van der Waals surface area contributed by atoms with Crippen molar-refractivity contribution in [2.45, 2.75) is 20.3 Å². The molecule has 3 heterocycles. The second-order valence-electron chi connectivity index (χ2n) is 5.72. The molecule has 3 rings (SSSR count). The molecule has 1 aliphatic heterocycles. The zero-order valence-electron chi connectivity index (χ0n) is 14.1. The Morgan fingerprint density at radius 2 is 1.87 bits per heavy atom. The Labute approximate surface area is 143 Å². The van der Waals surface area contributed by atoms with Crippen LogP contribution < -0.4 is 10.2 Å². The normalized spacial score (nSPS) is 15.7. The van der Waals surface area contributed by atoms with Crippen LogP contribution in [0.5, 0.6) is 0 Å². The number of likely N-dealkylation sites (N-methyl/N-ethyl adjacent to an activating group) is 1. The molecule has 1 saturated heterocycles. The van der Waals surface area contributed by atoms with Gasteiger partial charge in [0.25, 0.3) is 0 Å². The third-order valence-electron chi connectivity index (χ3n) is 4.22. The zero-order chi connectivity index (χ0) is 15.5. The minimum absolute atomic E-state index is 0. The summed E-state index contributed by atoms with van der Waals surface area (Å²) >= 11 is 0. The van der Waals surface area contributed by atoms with Crippen LogP contribution in [0.4, 0.5) is 11.8 Å². The quantitative estimate of drug-likeness (QED) is 0.895. The summed E-state index contributed by atoms with van der Waals surface area (Å²) in [5, 5.41) is 8.69. The second-order valence-corrected chi connectivity index (χ2v) is 5.72. The van der Waals surface area contributed by atoms with Crippen molar-refractivity contribution >= 4 is 35.2 Å². The van der Waals surface area contributed by atoms with Crippen molar-refractivity contribution in [3.05, 3.63) is 6.20 Å². The number of nitrogens with zero attached hydrogens (tertiary/aromatic N) is 6. The fraction of sp³-hybridized carbons (Fsp3) is 0.667. The van der Waals surface area contributed by atoms with Crippen molar-refractivity contribution in [3.8, 4) is 0 Å². The highest BCUT2D eigenvalue weighted by atomic mass is 35.5. The number of nitrogens with one attached hydrogen (secondary N) is 1. The molecular weight excluding hydrogens is 314 g/mol. The van der Waals surface area contributed by atoms with Gasteiger partial charge in [-0.15, -0.1) is 12.4 Å². The van der Waals surface area contributed by atoms with E-state index in [0.717, 1.165) is 62.5 Å². The Morgan fingerprint density at radius 3 is 2.52 bits per heavy atom. The lowest BCUT2D eigenvalue weighted by atomic mass is 10.3. The summed E-state index contributed by atoms with van der Waals surface area (Å²) in [7, 11) is 1.93. The van der Waals surface area contributed by atoms with Gasteiger partial charge < -0.3 is 15.1 Å². The van der Waals surface area contributed by atoms with Crippen LogP contribution in [0.2, 0.25) is 0 Å². The largest absolute Gasteiger partial charge is 0.354 e. The van der Waals surface area contributed by atoms with Gasteiger partial charge in [-0.2, -0.15) is 15.1 Å². The number of hydrogen-bond acceptors (Lipinski definition) is 6. The SMILES string of the molecule is CCCNc1nc(N2CCN(CC)CC2)c2cnn(C)c2n1.Cl. The molecule has 0 aliphatic carbocycles. The Kier molecular flexibility index (Phi) is 6.01. The molecule has 1 N–H and O–H groups in total. The predicted octanol–water partition coefficient (Wildman–Crippen LogP) is 1.75. The highest BCUT2D eigenvalue weighted by molar-refractivity contribution is 5.88. The van der Waals surface area contributed by atoms with Crippen LogP contribution in [0.15, 0.2) is 6.20 Å². The number of rotatable bonds is 5. The number of anilines is 2. The van der Waals surface area contributed by atoms with E-state index in [1.807, 2.05) is 17.9 Å². The summed E-state index contributed by atoms with van der Waals surface area (Å²) in [5.74, 6) is 1.71. The fourth-order valence-corrected chi connectivity index (χ4v) is 2.84. The van der Waals surface area contributed by atoms with Crippen LogP contribution in [0.1, 0.15) is 20.3 Å². The highest BCUT2D eigenvalue weighted by Gasteiger charge is 2.21. The Morgan fingerprint density at radius 1 is 1.13 bits per heavy atom. The van der Waals surface area contributed by atoms with E-state index < -0.39 is 0 Å². The summed E-state index contributed by atoms with van der Waals surface area (Å²) in [4.78, 5) is 14.2. The molecule has 0 atom stereocenters. The highest BCUT2D eigenvalue weighted by Crippen LogP contribution is 2.25. The molecule has 0 unspecified atom stereocenters. The van der Waals surface area contributed by atoms with Gasteiger partial charge in [0.2, 0.25) is 5.95 Å². The van der Waals surface area contributed by atoms with Gasteiger partial charge in [0, 0.05) is 39.8 Å². The van der Waals surface area contributed by atoms with E-state index in [4.69, 9.17) is 4.98 Å². The van der Waals surface area contributed by atoms with Crippen LogP contribution in [0, 0.1) is 0 Å². The lowest BCUT2D eigenvalue weighted by molar-refractivity contribution is 0.271. The summed E-state index contributed by atoms with van der Waals surface area (Å²) in [6, 6.07) is 0. The van der Waals surface area contributed by atoms with Crippen LogP contribution >= 0.6 is 12.4 Å². The molecule has 1 fully saturated rings. The molecule has 0 radical (unpaired) electrons. The number of aromatic nitrogens is 4. The molecule has 2 aromatic rings. The number of halogens is 1. The van der Waals surface area contributed by atoms with Gasteiger partial charge in [0.05, 0.1) is 11.6 Å². The summed E-state index contributed by atoms with van der Waals surface area (Å²) in [6.45, 7) is 10.5. The van der Waals surface area contributed by atoms with Gasteiger partial charge in [-0.25, -0.2) is 0 Å². The predicted molar refractivity (Wildman–Crippen MR) is 96.7 cm³/mol. The van der Waals surface area contributed by atoms with Crippen LogP contribution in [-0.2, 0) is 7.05 Å². The molecule has 0 amide bonds. The minimum atomic E-state index is 0. The maximum Gasteiger partial charge on any atom is 0.226 e. The average molecular weight is 340 g/mol. The van der Waals surface area contributed by atoms with Crippen molar-refractivity contribution in [2.24, 2.45) is 7.05 Å². The van der Waals surface area contributed by atoms with Crippen molar-refractivity contribution < 1.29 is 0 Å². The molecule has 0 spiro atoms. The van der Waals surface area contributed by atoms with Crippen LogP contribution in [0.25, 0.3) is 11.0 Å². The average Bonchev–Trinajstić information content (AvgIpc) is 2.94. The van der Waals surface area contributed by atoms with E-state index in [9.17, 15) is 0 Å². The number of fused-ring (bicyclic) bond motifs is 1. The topological polar surface area (TPSA) is 62.1 Å². The molecule has 128 valence electrons. The van der Waals surface area contributed by atoms with Crippen molar-refractivity contribution in [2.75, 3.05) is 49.5 Å². The molecule has 0 saturated carbocycles. The van der Waals surface area contributed by atoms with Gasteiger partial charge >= 0.3 is 0 Å². The lowest BCUT2D eigenvalue weighted by Crippen LogP contribution is -2.46. The summed E-state index contributed by atoms with van der Waals surface area (Å²) in [6.07, 6.45) is 2.93. The van der Waals surface area contributed by atoms with E-state index >= 15 is 0 Å². The van der Waals surface area contributed by atoms with Crippen LogP contribution in [-0.4, -0.2) is 63.9 Å². The first-order valence-electron chi connectivity index (χ1n) is 8.13. The van der Waals surface area contributed by atoms with E-state index in [1.165, 1.54) is 0 Å². The second kappa shape index (κ2) is 7.79. The third kappa shape index (κ3) is 3.67.